The minimum absolute atomic E-state index is 0.300. The molecule has 1 fully saturated rings. The summed E-state index contributed by atoms with van der Waals surface area (Å²) in [6, 6.07) is 18.7. The van der Waals surface area contributed by atoms with E-state index in [0.29, 0.717) is 11.4 Å². The lowest BCUT2D eigenvalue weighted by Gasteiger charge is -2.45. The standard InChI is InChI=1S/C20H27N3O2S/c1-20(18-9-5-3-6-10-18,23-15-13-22(2)14-16-23)17-21-26(24,25)19-11-7-4-8-12-19/h3-12,21H,13-17H2,1-2H3. The molecule has 1 atom stereocenters. The average Bonchev–Trinajstić information content (AvgIpc) is 2.68. The lowest BCUT2D eigenvalue weighted by Crippen LogP contribution is -2.57. The van der Waals surface area contributed by atoms with Gasteiger partial charge in [-0.05, 0) is 31.7 Å². The van der Waals surface area contributed by atoms with Gasteiger partial charge in [0.25, 0.3) is 0 Å². The molecule has 1 heterocycles. The van der Waals surface area contributed by atoms with Crippen molar-refractivity contribution in [2.24, 2.45) is 0 Å². The smallest absolute Gasteiger partial charge is 0.240 e. The Kier molecular flexibility index (Phi) is 5.77. The van der Waals surface area contributed by atoms with Crippen LogP contribution in [0.1, 0.15) is 12.5 Å². The minimum Gasteiger partial charge on any atom is -0.304 e. The van der Waals surface area contributed by atoms with Crippen molar-refractivity contribution in [1.29, 1.82) is 0 Å². The highest BCUT2D eigenvalue weighted by Crippen LogP contribution is 2.29. The Morgan fingerprint density at radius 3 is 2.04 bits per heavy atom. The molecule has 140 valence electrons. The van der Waals surface area contributed by atoms with Crippen molar-refractivity contribution in [1.82, 2.24) is 14.5 Å². The van der Waals surface area contributed by atoms with Gasteiger partial charge in [-0.15, -0.1) is 0 Å². The first-order valence-electron chi connectivity index (χ1n) is 8.96. The summed E-state index contributed by atoms with van der Waals surface area (Å²) in [5.41, 5.74) is 0.727. The molecule has 3 rings (SSSR count). The number of nitrogens with zero attached hydrogens (tertiary/aromatic N) is 2. The van der Waals surface area contributed by atoms with Crippen LogP contribution in [0.2, 0.25) is 0 Å². The normalized spacial score (nSPS) is 19.2. The van der Waals surface area contributed by atoms with E-state index in [1.54, 1.807) is 24.3 Å². The Morgan fingerprint density at radius 2 is 1.46 bits per heavy atom. The fourth-order valence-corrected chi connectivity index (χ4v) is 4.57. The van der Waals surface area contributed by atoms with Crippen LogP contribution in [0.3, 0.4) is 0 Å². The Hall–Kier alpha value is -1.73. The van der Waals surface area contributed by atoms with Crippen LogP contribution in [0.4, 0.5) is 0 Å². The Balaban J connectivity index is 1.85. The maximum Gasteiger partial charge on any atom is 0.240 e. The summed E-state index contributed by atoms with van der Waals surface area (Å²) in [5.74, 6) is 0. The van der Waals surface area contributed by atoms with Crippen LogP contribution in [0.15, 0.2) is 65.6 Å². The number of hydrogen-bond acceptors (Lipinski definition) is 4. The molecule has 0 aliphatic carbocycles. The van der Waals surface area contributed by atoms with Crippen molar-refractivity contribution < 1.29 is 8.42 Å². The largest absolute Gasteiger partial charge is 0.304 e. The van der Waals surface area contributed by atoms with Gasteiger partial charge in [0.15, 0.2) is 0 Å². The van der Waals surface area contributed by atoms with Crippen molar-refractivity contribution in [2.45, 2.75) is 17.4 Å². The molecule has 1 unspecified atom stereocenters. The van der Waals surface area contributed by atoms with Crippen LogP contribution in [-0.4, -0.2) is 58.0 Å². The molecule has 1 saturated heterocycles. The first kappa shape index (κ1) is 19.0. The summed E-state index contributed by atoms with van der Waals surface area (Å²) in [6.45, 7) is 6.24. The molecule has 2 aromatic rings. The third-order valence-corrected chi connectivity index (χ3v) is 6.67. The van der Waals surface area contributed by atoms with E-state index in [0.717, 1.165) is 31.7 Å². The monoisotopic (exact) mass is 373 g/mol. The van der Waals surface area contributed by atoms with Gasteiger partial charge in [0, 0.05) is 32.7 Å². The highest BCUT2D eigenvalue weighted by Gasteiger charge is 2.36. The maximum absolute atomic E-state index is 12.7. The van der Waals surface area contributed by atoms with Crippen molar-refractivity contribution in [3.8, 4) is 0 Å². The number of benzene rings is 2. The van der Waals surface area contributed by atoms with E-state index in [2.05, 4.69) is 40.6 Å². The van der Waals surface area contributed by atoms with Gasteiger partial charge < -0.3 is 4.90 Å². The molecule has 0 spiro atoms. The third-order valence-electron chi connectivity index (χ3n) is 5.26. The van der Waals surface area contributed by atoms with E-state index in [1.165, 1.54) is 0 Å². The SMILES string of the molecule is CN1CCN(C(C)(CNS(=O)(=O)c2ccccc2)c2ccccc2)CC1. The molecule has 6 heteroatoms. The topological polar surface area (TPSA) is 52.6 Å². The van der Waals surface area contributed by atoms with E-state index < -0.39 is 15.6 Å². The second-order valence-corrected chi connectivity index (χ2v) is 8.83. The molecular formula is C20H27N3O2S. The van der Waals surface area contributed by atoms with Gasteiger partial charge in [-0.1, -0.05) is 48.5 Å². The van der Waals surface area contributed by atoms with E-state index in [-0.39, 0.29) is 0 Å². The van der Waals surface area contributed by atoms with Crippen molar-refractivity contribution >= 4 is 10.0 Å². The zero-order valence-corrected chi connectivity index (χ0v) is 16.2. The second-order valence-electron chi connectivity index (χ2n) is 7.07. The highest BCUT2D eigenvalue weighted by atomic mass is 32.2. The van der Waals surface area contributed by atoms with Crippen LogP contribution in [0.5, 0.6) is 0 Å². The summed E-state index contributed by atoms with van der Waals surface area (Å²) in [6.07, 6.45) is 0. The van der Waals surface area contributed by atoms with Crippen LogP contribution >= 0.6 is 0 Å². The molecule has 0 bridgehead atoms. The predicted molar refractivity (Wildman–Crippen MR) is 104 cm³/mol. The van der Waals surface area contributed by atoms with Crippen LogP contribution in [0, 0.1) is 0 Å². The lowest BCUT2D eigenvalue weighted by molar-refractivity contribution is 0.0517. The summed E-state index contributed by atoms with van der Waals surface area (Å²) in [4.78, 5) is 4.99. The average molecular weight is 374 g/mol. The molecule has 0 amide bonds. The number of nitrogens with one attached hydrogen (secondary N) is 1. The number of hydrogen-bond donors (Lipinski definition) is 1. The van der Waals surface area contributed by atoms with Gasteiger partial charge in [0.05, 0.1) is 10.4 Å². The highest BCUT2D eigenvalue weighted by molar-refractivity contribution is 7.89. The van der Waals surface area contributed by atoms with Gasteiger partial charge in [-0.3, -0.25) is 4.90 Å². The van der Waals surface area contributed by atoms with Crippen molar-refractivity contribution in [3.05, 3.63) is 66.2 Å². The lowest BCUT2D eigenvalue weighted by atomic mass is 9.89. The molecule has 2 aromatic carbocycles. The van der Waals surface area contributed by atoms with Gasteiger partial charge >= 0.3 is 0 Å². The van der Waals surface area contributed by atoms with Crippen molar-refractivity contribution in [3.63, 3.8) is 0 Å². The molecule has 0 aromatic heterocycles. The van der Waals surface area contributed by atoms with Gasteiger partial charge in [0.1, 0.15) is 0 Å². The van der Waals surface area contributed by atoms with E-state index in [4.69, 9.17) is 0 Å². The van der Waals surface area contributed by atoms with Crippen molar-refractivity contribution in [2.75, 3.05) is 39.8 Å². The molecule has 0 radical (unpaired) electrons. The number of piperazine rings is 1. The Labute approximate surface area is 156 Å². The molecule has 1 aliphatic heterocycles. The van der Waals surface area contributed by atoms with Gasteiger partial charge in [-0.2, -0.15) is 0 Å². The molecule has 0 saturated carbocycles. The van der Waals surface area contributed by atoms with Crippen LogP contribution in [-0.2, 0) is 15.6 Å². The van der Waals surface area contributed by atoms with E-state index in [9.17, 15) is 8.42 Å². The summed E-state index contributed by atoms with van der Waals surface area (Å²) in [5, 5.41) is 0. The summed E-state index contributed by atoms with van der Waals surface area (Å²) >= 11 is 0. The quantitative estimate of drug-likeness (QED) is 0.843. The van der Waals surface area contributed by atoms with Crippen LogP contribution < -0.4 is 4.72 Å². The maximum atomic E-state index is 12.7. The van der Waals surface area contributed by atoms with E-state index >= 15 is 0 Å². The molecule has 26 heavy (non-hydrogen) atoms. The number of likely N-dealkylation sites (N-methyl/N-ethyl adjacent to an activating group) is 1. The van der Waals surface area contributed by atoms with Gasteiger partial charge in [-0.25, -0.2) is 13.1 Å². The first-order chi connectivity index (χ1) is 12.4. The van der Waals surface area contributed by atoms with Gasteiger partial charge in [0.2, 0.25) is 10.0 Å². The fraction of sp³-hybridized carbons (Fsp3) is 0.400. The molecule has 1 aliphatic rings. The molecular weight excluding hydrogens is 346 g/mol. The summed E-state index contributed by atoms with van der Waals surface area (Å²) in [7, 11) is -1.42. The Bertz CT molecular complexity index is 803. The molecule has 5 nitrogen and oxygen atoms in total. The van der Waals surface area contributed by atoms with Crippen LogP contribution in [0.25, 0.3) is 0 Å². The Morgan fingerprint density at radius 1 is 0.923 bits per heavy atom. The minimum atomic E-state index is -3.54. The second kappa shape index (κ2) is 7.88. The number of sulfonamides is 1. The zero-order valence-electron chi connectivity index (χ0n) is 15.4. The third kappa shape index (κ3) is 4.15. The van der Waals surface area contributed by atoms with E-state index in [1.807, 2.05) is 24.3 Å². The first-order valence-corrected chi connectivity index (χ1v) is 10.4. The number of rotatable bonds is 6. The molecule has 1 N–H and O–H groups in total. The zero-order chi connectivity index (χ0) is 18.6. The fourth-order valence-electron chi connectivity index (χ4n) is 3.41. The predicted octanol–water partition coefficient (Wildman–Crippen LogP) is 2.13. The summed E-state index contributed by atoms with van der Waals surface area (Å²) < 4.78 is 28.3.